The van der Waals surface area contributed by atoms with E-state index >= 15 is 0 Å². The summed E-state index contributed by atoms with van der Waals surface area (Å²) in [6.07, 6.45) is -0.979. The Bertz CT molecular complexity index is 961. The Kier molecular flexibility index (Phi) is 5.54. The smallest absolute Gasteiger partial charge is 0.312 e. The molecule has 0 saturated carbocycles. The van der Waals surface area contributed by atoms with Crippen molar-refractivity contribution in [3.8, 4) is 0 Å². The zero-order valence-corrected chi connectivity index (χ0v) is 15.6. The number of para-hydroxylation sites is 2. The molecule has 1 aromatic heterocycles. The highest BCUT2D eigenvalue weighted by atomic mass is 16.5. The Hall–Kier alpha value is -3.15. The van der Waals surface area contributed by atoms with Crippen LogP contribution in [0, 0.1) is 0 Å². The quantitative estimate of drug-likeness (QED) is 0.665. The van der Waals surface area contributed by atoms with Gasteiger partial charge in [0.1, 0.15) is 5.69 Å². The minimum atomic E-state index is -0.920. The lowest BCUT2D eigenvalue weighted by Gasteiger charge is -2.17. The highest BCUT2D eigenvalue weighted by Crippen LogP contribution is 2.24. The summed E-state index contributed by atoms with van der Waals surface area (Å²) in [5, 5.41) is 7.51. The number of ether oxygens (including phenoxy) is 1. The summed E-state index contributed by atoms with van der Waals surface area (Å²) in [7, 11) is 0. The van der Waals surface area contributed by atoms with E-state index in [1.807, 2.05) is 42.5 Å². The maximum atomic E-state index is 12.4. The van der Waals surface area contributed by atoms with E-state index in [1.54, 1.807) is 13.0 Å². The summed E-state index contributed by atoms with van der Waals surface area (Å²) in [4.78, 5) is 24.6. The van der Waals surface area contributed by atoms with Crippen LogP contribution in [-0.4, -0.2) is 23.1 Å². The van der Waals surface area contributed by atoms with Gasteiger partial charge in [-0.25, -0.2) is 0 Å². The molecule has 3 aromatic rings. The summed E-state index contributed by atoms with van der Waals surface area (Å²) in [6.45, 7) is 5.65. The third-order valence-corrected chi connectivity index (χ3v) is 4.28. The molecule has 1 amide bonds. The number of hydrogen-bond acceptors (Lipinski definition) is 5. The Balaban J connectivity index is 1.62. The number of esters is 1. The maximum Gasteiger partial charge on any atom is 0.312 e. The highest BCUT2D eigenvalue weighted by molar-refractivity contribution is 5.96. The van der Waals surface area contributed by atoms with Crippen molar-refractivity contribution >= 4 is 28.5 Å². The van der Waals surface area contributed by atoms with Gasteiger partial charge in [0.15, 0.2) is 11.7 Å². The molecule has 6 nitrogen and oxygen atoms in total. The molecule has 27 heavy (non-hydrogen) atoms. The van der Waals surface area contributed by atoms with Gasteiger partial charge in [-0.3, -0.25) is 9.59 Å². The molecule has 0 aliphatic carbocycles. The number of aromatic nitrogens is 1. The van der Waals surface area contributed by atoms with Gasteiger partial charge in [-0.15, -0.1) is 0 Å². The van der Waals surface area contributed by atoms with Crippen LogP contribution in [0.25, 0.3) is 11.0 Å². The molecule has 0 saturated heterocycles. The second-order valence-electron chi connectivity index (χ2n) is 6.67. The zero-order valence-electron chi connectivity index (χ0n) is 15.6. The largest absolute Gasteiger partial charge is 0.452 e. The van der Waals surface area contributed by atoms with Gasteiger partial charge in [0.25, 0.3) is 5.91 Å². The lowest BCUT2D eigenvalue weighted by Crippen LogP contribution is -2.30. The van der Waals surface area contributed by atoms with Crippen LogP contribution in [0.5, 0.6) is 0 Å². The van der Waals surface area contributed by atoms with Crippen LogP contribution in [0.1, 0.15) is 37.9 Å². The minimum absolute atomic E-state index is 0.0583. The topological polar surface area (TPSA) is 81.4 Å². The molecule has 0 fully saturated rings. The van der Waals surface area contributed by atoms with Crippen molar-refractivity contribution in [2.45, 2.75) is 39.2 Å². The van der Waals surface area contributed by atoms with Gasteiger partial charge in [-0.1, -0.05) is 49.3 Å². The van der Waals surface area contributed by atoms with Crippen LogP contribution in [-0.2, 0) is 20.7 Å². The summed E-state index contributed by atoms with van der Waals surface area (Å²) in [5.74, 6) is -0.643. The molecular weight excluding hydrogens is 344 g/mol. The third kappa shape index (κ3) is 4.34. The molecular formula is C21H22N2O4. The van der Waals surface area contributed by atoms with Crippen LogP contribution >= 0.6 is 0 Å². The fourth-order valence-electron chi connectivity index (χ4n) is 2.84. The molecule has 6 heteroatoms. The molecule has 0 bridgehead atoms. The fourth-order valence-corrected chi connectivity index (χ4v) is 2.84. The van der Waals surface area contributed by atoms with E-state index in [0.717, 1.165) is 16.6 Å². The standard InChI is InChI=1S/C21H22N2O4/c1-13(2)15-8-4-6-10-17(15)22-21(25)14(3)26-20(24)12-18-16-9-5-7-11-19(16)27-23-18/h4-11,13-14H,12H2,1-3H3,(H,22,25)/t14-/m1/s1. The van der Waals surface area contributed by atoms with Gasteiger partial charge in [-0.05, 0) is 36.6 Å². The molecule has 0 aliphatic heterocycles. The molecule has 0 aliphatic rings. The van der Waals surface area contributed by atoms with E-state index in [2.05, 4.69) is 24.3 Å². The molecule has 140 valence electrons. The van der Waals surface area contributed by atoms with Crippen molar-refractivity contribution in [2.75, 3.05) is 5.32 Å². The minimum Gasteiger partial charge on any atom is -0.452 e. The molecule has 3 rings (SSSR count). The van der Waals surface area contributed by atoms with Crippen LogP contribution < -0.4 is 5.32 Å². The number of carbonyl (C=O) groups excluding carboxylic acids is 2. The van der Waals surface area contributed by atoms with Gasteiger partial charge in [-0.2, -0.15) is 0 Å². The molecule has 1 heterocycles. The Labute approximate surface area is 157 Å². The molecule has 1 atom stereocenters. The van der Waals surface area contributed by atoms with Gasteiger partial charge < -0.3 is 14.6 Å². The zero-order chi connectivity index (χ0) is 19.4. The van der Waals surface area contributed by atoms with Crippen molar-refractivity contribution in [3.63, 3.8) is 0 Å². The first-order chi connectivity index (χ1) is 13.0. The third-order valence-electron chi connectivity index (χ3n) is 4.28. The van der Waals surface area contributed by atoms with Gasteiger partial charge >= 0.3 is 5.97 Å². The number of carbonyl (C=O) groups is 2. The summed E-state index contributed by atoms with van der Waals surface area (Å²) in [6, 6.07) is 14.9. The SMILES string of the molecule is CC(C)c1ccccc1NC(=O)[C@@H](C)OC(=O)Cc1noc2ccccc12. The first kappa shape index (κ1) is 18.6. The monoisotopic (exact) mass is 366 g/mol. The number of anilines is 1. The van der Waals surface area contributed by atoms with Crippen molar-refractivity contribution in [2.24, 2.45) is 0 Å². The lowest BCUT2D eigenvalue weighted by molar-refractivity contribution is -0.152. The number of nitrogens with zero attached hydrogens (tertiary/aromatic N) is 1. The van der Waals surface area contributed by atoms with E-state index in [9.17, 15) is 9.59 Å². The number of amides is 1. The number of nitrogens with one attached hydrogen (secondary N) is 1. The van der Waals surface area contributed by atoms with Gasteiger partial charge in [0.2, 0.25) is 0 Å². The average molecular weight is 366 g/mol. The summed E-state index contributed by atoms with van der Waals surface area (Å²) in [5.41, 5.74) is 2.85. The van der Waals surface area contributed by atoms with Crippen molar-refractivity contribution in [1.82, 2.24) is 5.16 Å². The highest BCUT2D eigenvalue weighted by Gasteiger charge is 2.21. The molecule has 1 N–H and O–H groups in total. The number of hydrogen-bond donors (Lipinski definition) is 1. The number of fused-ring (bicyclic) bond motifs is 1. The predicted octanol–water partition coefficient (Wildman–Crippen LogP) is 4.06. The molecule has 2 aromatic carbocycles. The van der Waals surface area contributed by atoms with E-state index < -0.39 is 12.1 Å². The summed E-state index contributed by atoms with van der Waals surface area (Å²) < 4.78 is 10.5. The first-order valence-corrected chi connectivity index (χ1v) is 8.88. The fraction of sp³-hybridized carbons (Fsp3) is 0.286. The van der Waals surface area contributed by atoms with Gasteiger partial charge in [0, 0.05) is 11.1 Å². The van der Waals surface area contributed by atoms with Crippen molar-refractivity contribution in [1.29, 1.82) is 0 Å². The van der Waals surface area contributed by atoms with Crippen LogP contribution in [0.2, 0.25) is 0 Å². The Morgan fingerprint density at radius 1 is 1.07 bits per heavy atom. The molecule has 0 spiro atoms. The second-order valence-corrected chi connectivity index (χ2v) is 6.67. The van der Waals surface area contributed by atoms with Crippen LogP contribution in [0.15, 0.2) is 53.1 Å². The van der Waals surface area contributed by atoms with E-state index in [-0.39, 0.29) is 18.2 Å². The normalized spacial score (nSPS) is 12.1. The van der Waals surface area contributed by atoms with Crippen LogP contribution in [0.3, 0.4) is 0 Å². The molecule has 0 unspecified atom stereocenters. The lowest BCUT2D eigenvalue weighted by atomic mass is 10.0. The van der Waals surface area contributed by atoms with E-state index in [0.29, 0.717) is 11.3 Å². The second kappa shape index (κ2) is 8.03. The maximum absolute atomic E-state index is 12.4. The van der Waals surface area contributed by atoms with Gasteiger partial charge in [0.05, 0.1) is 6.42 Å². The summed E-state index contributed by atoms with van der Waals surface area (Å²) >= 11 is 0. The van der Waals surface area contributed by atoms with Crippen LogP contribution in [0.4, 0.5) is 5.69 Å². The Morgan fingerprint density at radius 2 is 1.78 bits per heavy atom. The van der Waals surface area contributed by atoms with E-state index in [4.69, 9.17) is 9.26 Å². The van der Waals surface area contributed by atoms with Crippen molar-refractivity contribution in [3.05, 3.63) is 59.8 Å². The number of rotatable bonds is 6. The van der Waals surface area contributed by atoms with Crippen molar-refractivity contribution < 1.29 is 18.8 Å². The molecule has 0 radical (unpaired) electrons. The number of benzene rings is 2. The predicted molar refractivity (Wildman–Crippen MR) is 102 cm³/mol. The van der Waals surface area contributed by atoms with E-state index in [1.165, 1.54) is 0 Å². The average Bonchev–Trinajstić information content (AvgIpc) is 3.05. The Morgan fingerprint density at radius 3 is 2.56 bits per heavy atom. The first-order valence-electron chi connectivity index (χ1n) is 8.88.